The lowest BCUT2D eigenvalue weighted by molar-refractivity contribution is 0.0694. The average molecular weight is 294 g/mol. The van der Waals surface area contributed by atoms with Gasteiger partial charge in [0.2, 0.25) is 0 Å². The first-order valence-corrected chi connectivity index (χ1v) is 7.08. The number of rotatable bonds is 3. The summed E-state index contributed by atoms with van der Waals surface area (Å²) in [4.78, 5) is 11.4. The van der Waals surface area contributed by atoms with Crippen LogP contribution in [0.5, 0.6) is 0 Å². The first kappa shape index (κ1) is 14.3. The van der Waals surface area contributed by atoms with Gasteiger partial charge in [-0.25, -0.2) is 9.18 Å². The van der Waals surface area contributed by atoms with Crippen LogP contribution in [0, 0.1) is 5.82 Å². The van der Waals surface area contributed by atoms with Crippen molar-refractivity contribution in [2.45, 2.75) is 12.8 Å². The number of hydrogen-bond donors (Lipinski definition) is 1. The molecule has 3 aromatic rings. The van der Waals surface area contributed by atoms with Crippen LogP contribution in [0.3, 0.4) is 0 Å². The molecule has 3 heteroatoms. The smallest absolute Gasteiger partial charge is 0.336 e. The van der Waals surface area contributed by atoms with Crippen molar-refractivity contribution in [1.29, 1.82) is 0 Å². The molecule has 0 bridgehead atoms. The summed E-state index contributed by atoms with van der Waals surface area (Å²) in [6, 6.07) is 18.0. The van der Waals surface area contributed by atoms with E-state index in [1.54, 1.807) is 0 Å². The Morgan fingerprint density at radius 1 is 1.00 bits per heavy atom. The van der Waals surface area contributed by atoms with Gasteiger partial charge in [-0.3, -0.25) is 0 Å². The molecule has 0 heterocycles. The maximum absolute atomic E-state index is 14.2. The van der Waals surface area contributed by atoms with Gasteiger partial charge in [-0.05, 0) is 28.5 Å². The summed E-state index contributed by atoms with van der Waals surface area (Å²) >= 11 is 0. The lowest BCUT2D eigenvalue weighted by Crippen LogP contribution is -2.09. The second-order valence-electron chi connectivity index (χ2n) is 5.33. The molecular formula is C19H15FO2. The fourth-order valence-corrected chi connectivity index (χ4v) is 2.81. The molecule has 0 saturated heterocycles. The number of benzene rings is 3. The number of aromatic carboxylic acids is 1. The van der Waals surface area contributed by atoms with Crippen molar-refractivity contribution in [2.75, 3.05) is 0 Å². The summed E-state index contributed by atoms with van der Waals surface area (Å²) < 4.78 is 14.2. The van der Waals surface area contributed by atoms with Crippen LogP contribution in [0.1, 0.15) is 34.3 Å². The molecule has 110 valence electrons. The van der Waals surface area contributed by atoms with Gasteiger partial charge < -0.3 is 5.11 Å². The minimum absolute atomic E-state index is 0.0145. The zero-order chi connectivity index (χ0) is 15.7. The molecule has 0 amide bonds. The van der Waals surface area contributed by atoms with Crippen molar-refractivity contribution in [1.82, 2.24) is 0 Å². The Balaban J connectivity index is 2.13. The fourth-order valence-electron chi connectivity index (χ4n) is 2.81. The molecule has 0 radical (unpaired) electrons. The van der Waals surface area contributed by atoms with Crippen molar-refractivity contribution in [3.8, 4) is 0 Å². The zero-order valence-corrected chi connectivity index (χ0v) is 12.1. The van der Waals surface area contributed by atoms with Crippen LogP contribution in [0.15, 0.2) is 60.7 Å². The summed E-state index contributed by atoms with van der Waals surface area (Å²) in [5, 5.41) is 11.4. The van der Waals surface area contributed by atoms with Crippen molar-refractivity contribution in [3.05, 3.63) is 83.2 Å². The molecule has 2 nitrogen and oxygen atoms in total. The van der Waals surface area contributed by atoms with E-state index in [2.05, 4.69) is 0 Å². The predicted octanol–water partition coefficient (Wildman–Crippen LogP) is 4.83. The van der Waals surface area contributed by atoms with E-state index < -0.39 is 11.8 Å². The quantitative estimate of drug-likeness (QED) is 0.751. The molecule has 0 spiro atoms. The molecule has 1 unspecified atom stereocenters. The maximum atomic E-state index is 14.2. The first-order valence-electron chi connectivity index (χ1n) is 7.08. The van der Waals surface area contributed by atoms with Crippen LogP contribution in [-0.4, -0.2) is 11.1 Å². The highest BCUT2D eigenvalue weighted by molar-refractivity contribution is 5.90. The van der Waals surface area contributed by atoms with E-state index in [9.17, 15) is 14.3 Å². The van der Waals surface area contributed by atoms with E-state index in [-0.39, 0.29) is 17.0 Å². The molecular weight excluding hydrogens is 279 g/mol. The van der Waals surface area contributed by atoms with E-state index in [1.165, 1.54) is 18.2 Å². The van der Waals surface area contributed by atoms with Crippen molar-refractivity contribution in [3.63, 3.8) is 0 Å². The third-order valence-electron chi connectivity index (χ3n) is 3.99. The molecule has 0 fully saturated rings. The van der Waals surface area contributed by atoms with E-state index in [0.717, 1.165) is 16.3 Å². The molecule has 1 N–H and O–H groups in total. The highest BCUT2D eigenvalue weighted by Gasteiger charge is 2.21. The Kier molecular flexibility index (Phi) is 3.63. The molecule has 22 heavy (non-hydrogen) atoms. The molecule has 3 aromatic carbocycles. The SMILES string of the molecule is CC(c1ccc2ccccc2c1)c1c(F)cccc1C(=O)O. The molecule has 3 rings (SSSR count). The van der Waals surface area contributed by atoms with E-state index in [1.807, 2.05) is 49.4 Å². The number of halogens is 1. The van der Waals surface area contributed by atoms with Gasteiger partial charge in [0, 0.05) is 11.5 Å². The van der Waals surface area contributed by atoms with Crippen molar-refractivity contribution < 1.29 is 14.3 Å². The Morgan fingerprint density at radius 2 is 1.73 bits per heavy atom. The van der Waals surface area contributed by atoms with Crippen molar-refractivity contribution >= 4 is 16.7 Å². The number of carboxylic acids is 1. The summed E-state index contributed by atoms with van der Waals surface area (Å²) in [5.74, 6) is -1.93. The molecule has 0 aliphatic rings. The topological polar surface area (TPSA) is 37.3 Å². The Bertz CT molecular complexity index is 855. The van der Waals surface area contributed by atoms with Gasteiger partial charge in [-0.15, -0.1) is 0 Å². The standard InChI is InChI=1S/C19H15FO2/c1-12(18-16(19(21)22)7-4-8-17(18)20)14-10-9-13-5-2-3-6-15(13)11-14/h2-12H,1H3,(H,21,22). The summed E-state index contributed by atoms with van der Waals surface area (Å²) in [5.41, 5.74) is 1.14. The predicted molar refractivity (Wildman–Crippen MR) is 84.8 cm³/mol. The summed E-state index contributed by atoms with van der Waals surface area (Å²) in [6.07, 6.45) is 0. The van der Waals surface area contributed by atoms with E-state index >= 15 is 0 Å². The maximum Gasteiger partial charge on any atom is 0.336 e. The largest absolute Gasteiger partial charge is 0.478 e. The van der Waals surface area contributed by atoms with Crippen LogP contribution in [-0.2, 0) is 0 Å². The van der Waals surface area contributed by atoms with Gasteiger partial charge in [-0.1, -0.05) is 55.5 Å². The number of carboxylic acid groups (broad SMARTS) is 1. The van der Waals surface area contributed by atoms with Gasteiger partial charge >= 0.3 is 5.97 Å². The molecule has 0 saturated carbocycles. The molecule has 0 aliphatic carbocycles. The lowest BCUT2D eigenvalue weighted by Gasteiger charge is -2.16. The van der Waals surface area contributed by atoms with Crippen LogP contribution < -0.4 is 0 Å². The molecule has 0 aromatic heterocycles. The number of hydrogen-bond acceptors (Lipinski definition) is 1. The fraction of sp³-hybridized carbons (Fsp3) is 0.105. The van der Waals surface area contributed by atoms with Gasteiger partial charge in [-0.2, -0.15) is 0 Å². The van der Waals surface area contributed by atoms with E-state index in [4.69, 9.17) is 0 Å². The second kappa shape index (κ2) is 5.60. The molecule has 1 atom stereocenters. The van der Waals surface area contributed by atoms with Crippen molar-refractivity contribution in [2.24, 2.45) is 0 Å². The minimum Gasteiger partial charge on any atom is -0.478 e. The highest BCUT2D eigenvalue weighted by Crippen LogP contribution is 2.31. The molecule has 0 aliphatic heterocycles. The van der Waals surface area contributed by atoms with Crippen LogP contribution >= 0.6 is 0 Å². The minimum atomic E-state index is -1.11. The van der Waals surface area contributed by atoms with Crippen LogP contribution in [0.2, 0.25) is 0 Å². The first-order chi connectivity index (χ1) is 10.6. The Morgan fingerprint density at radius 3 is 2.45 bits per heavy atom. The lowest BCUT2D eigenvalue weighted by atomic mass is 9.88. The second-order valence-corrected chi connectivity index (χ2v) is 5.33. The Labute approximate surface area is 127 Å². The third kappa shape index (κ3) is 2.46. The average Bonchev–Trinajstić information content (AvgIpc) is 2.53. The van der Waals surface area contributed by atoms with Gasteiger partial charge in [0.1, 0.15) is 5.82 Å². The highest BCUT2D eigenvalue weighted by atomic mass is 19.1. The Hall–Kier alpha value is -2.68. The van der Waals surface area contributed by atoms with E-state index in [0.29, 0.717) is 0 Å². The number of carbonyl (C=O) groups is 1. The normalized spacial score (nSPS) is 12.3. The summed E-state index contributed by atoms with van der Waals surface area (Å²) in [7, 11) is 0. The van der Waals surface area contributed by atoms with Gasteiger partial charge in [0.25, 0.3) is 0 Å². The van der Waals surface area contributed by atoms with Crippen LogP contribution in [0.4, 0.5) is 4.39 Å². The summed E-state index contributed by atoms with van der Waals surface area (Å²) in [6.45, 7) is 1.83. The zero-order valence-electron chi connectivity index (χ0n) is 12.1. The monoisotopic (exact) mass is 294 g/mol. The van der Waals surface area contributed by atoms with Crippen LogP contribution in [0.25, 0.3) is 10.8 Å². The van der Waals surface area contributed by atoms with Gasteiger partial charge in [0.05, 0.1) is 5.56 Å². The number of fused-ring (bicyclic) bond motifs is 1. The van der Waals surface area contributed by atoms with Gasteiger partial charge in [0.15, 0.2) is 0 Å². The third-order valence-corrected chi connectivity index (χ3v) is 3.99.